The molecule has 1 heterocycles. The summed E-state index contributed by atoms with van der Waals surface area (Å²) in [5, 5.41) is 8.08. The van der Waals surface area contributed by atoms with Crippen LogP contribution in [0.1, 0.15) is 49.5 Å². The number of benzene rings is 1. The number of hydrogen-bond donors (Lipinski definition) is 3. The van der Waals surface area contributed by atoms with Crippen LogP contribution in [0, 0.1) is 11.7 Å². The first kappa shape index (κ1) is 27.9. The summed E-state index contributed by atoms with van der Waals surface area (Å²) in [7, 11) is 1.49. The molecule has 0 bridgehead atoms. The fourth-order valence-electron chi connectivity index (χ4n) is 3.92. The lowest BCUT2D eigenvalue weighted by atomic mass is 9.87. The molecule has 35 heavy (non-hydrogen) atoms. The fourth-order valence-corrected chi connectivity index (χ4v) is 3.92. The number of hydrogen-bond acceptors (Lipinski definition) is 5. The third kappa shape index (κ3) is 6.42. The number of anilines is 1. The molecule has 1 aliphatic carbocycles. The molecule has 0 spiro atoms. The van der Waals surface area contributed by atoms with Gasteiger partial charge >= 0.3 is 0 Å². The molecule has 1 aliphatic heterocycles. The molecule has 0 radical (unpaired) electrons. The standard InChI is InChI=1S/C24H28F2N4O3.C2H6/c1-4-18(8-5-15(2)25)24(27-3,23(33)29-14-31)13-30-12-17-9-21(28-11-16-6-7-16)20(26)10-19(17)22(30)32;1-2/h4-5,8-10,14,16,27-28H,1,6-7,11-13H2,2-3H3,(H,29,31,33);1-2H3/b15-5+,18-8+;. The van der Waals surface area contributed by atoms with Gasteiger partial charge in [-0.1, -0.05) is 32.6 Å². The Morgan fingerprint density at radius 1 is 1.29 bits per heavy atom. The van der Waals surface area contributed by atoms with Crippen molar-refractivity contribution in [3.63, 3.8) is 0 Å². The molecule has 2 aliphatic rings. The Morgan fingerprint density at radius 2 is 1.97 bits per heavy atom. The largest absolute Gasteiger partial charge is 0.382 e. The summed E-state index contributed by atoms with van der Waals surface area (Å²) in [4.78, 5) is 38.4. The maximum absolute atomic E-state index is 14.6. The number of halogens is 2. The Bertz CT molecular complexity index is 1030. The molecule has 190 valence electrons. The minimum absolute atomic E-state index is 0.146. The van der Waals surface area contributed by atoms with E-state index in [1.54, 1.807) is 6.07 Å². The van der Waals surface area contributed by atoms with Crippen molar-refractivity contribution < 1.29 is 23.2 Å². The maximum Gasteiger partial charge on any atom is 0.254 e. The van der Waals surface area contributed by atoms with Crippen molar-refractivity contribution in [2.45, 2.75) is 45.7 Å². The third-order valence-corrected chi connectivity index (χ3v) is 5.99. The van der Waals surface area contributed by atoms with Crippen LogP contribution in [0.2, 0.25) is 0 Å². The van der Waals surface area contributed by atoms with Crippen LogP contribution >= 0.6 is 0 Å². The zero-order valence-corrected chi connectivity index (χ0v) is 20.7. The van der Waals surface area contributed by atoms with E-state index in [9.17, 15) is 23.2 Å². The number of carbonyl (C=O) groups is 3. The Hall–Kier alpha value is -3.33. The van der Waals surface area contributed by atoms with E-state index in [1.165, 1.54) is 37.1 Å². The number of carbonyl (C=O) groups excluding carboxylic acids is 3. The summed E-state index contributed by atoms with van der Waals surface area (Å²) in [5.41, 5.74) is -0.164. The van der Waals surface area contributed by atoms with Crippen molar-refractivity contribution in [3.8, 4) is 0 Å². The van der Waals surface area contributed by atoms with Crippen molar-refractivity contribution in [2.24, 2.45) is 5.92 Å². The summed E-state index contributed by atoms with van der Waals surface area (Å²) in [6, 6.07) is 2.83. The van der Waals surface area contributed by atoms with E-state index in [4.69, 9.17) is 0 Å². The first-order valence-corrected chi connectivity index (χ1v) is 11.7. The predicted octanol–water partition coefficient (Wildman–Crippen LogP) is 3.85. The van der Waals surface area contributed by atoms with E-state index in [1.807, 2.05) is 13.8 Å². The lowest BCUT2D eigenvalue weighted by Gasteiger charge is -2.36. The van der Waals surface area contributed by atoms with E-state index in [0.717, 1.165) is 18.9 Å². The second-order valence-electron chi connectivity index (χ2n) is 8.30. The van der Waals surface area contributed by atoms with E-state index >= 15 is 0 Å². The van der Waals surface area contributed by atoms with Crippen molar-refractivity contribution in [3.05, 3.63) is 65.3 Å². The smallest absolute Gasteiger partial charge is 0.254 e. The van der Waals surface area contributed by atoms with Gasteiger partial charge < -0.3 is 15.5 Å². The topological polar surface area (TPSA) is 90.5 Å². The van der Waals surface area contributed by atoms with Crippen LogP contribution in [0.3, 0.4) is 0 Å². The molecule has 1 saturated carbocycles. The van der Waals surface area contributed by atoms with Crippen molar-refractivity contribution in [1.29, 1.82) is 0 Å². The minimum atomic E-state index is -1.60. The molecule has 3 amide bonds. The van der Waals surface area contributed by atoms with Gasteiger partial charge in [0.05, 0.1) is 18.1 Å². The van der Waals surface area contributed by atoms with Crippen LogP contribution < -0.4 is 16.0 Å². The molecule has 1 aromatic rings. The highest BCUT2D eigenvalue weighted by molar-refractivity contribution is 6.01. The average Bonchev–Trinajstić information content (AvgIpc) is 3.63. The van der Waals surface area contributed by atoms with Crippen molar-refractivity contribution >= 4 is 23.9 Å². The highest BCUT2D eigenvalue weighted by Crippen LogP contribution is 2.33. The first-order chi connectivity index (χ1) is 16.7. The summed E-state index contributed by atoms with van der Waals surface area (Å²) in [6.07, 6.45) is 6.35. The number of amides is 3. The zero-order valence-electron chi connectivity index (χ0n) is 20.7. The quantitative estimate of drug-likeness (QED) is 0.325. The van der Waals surface area contributed by atoms with Gasteiger partial charge in [-0.25, -0.2) is 8.78 Å². The van der Waals surface area contributed by atoms with Crippen LogP contribution in [0.4, 0.5) is 14.5 Å². The minimum Gasteiger partial charge on any atom is -0.382 e. The van der Waals surface area contributed by atoms with Gasteiger partial charge in [-0.3, -0.25) is 19.7 Å². The van der Waals surface area contributed by atoms with Gasteiger partial charge in [0.15, 0.2) is 0 Å². The van der Waals surface area contributed by atoms with E-state index in [2.05, 4.69) is 22.5 Å². The van der Waals surface area contributed by atoms with Crippen LogP contribution in [-0.2, 0) is 16.1 Å². The molecular weight excluding hydrogens is 454 g/mol. The molecule has 7 nitrogen and oxygen atoms in total. The van der Waals surface area contributed by atoms with Crippen LogP contribution in [-0.4, -0.2) is 48.8 Å². The predicted molar refractivity (Wildman–Crippen MR) is 133 cm³/mol. The van der Waals surface area contributed by atoms with Gasteiger partial charge in [0.1, 0.15) is 11.4 Å². The number of nitrogens with zero attached hydrogens (tertiary/aromatic N) is 1. The number of likely N-dealkylation sites (N-methyl/N-ethyl adjacent to an activating group) is 1. The third-order valence-electron chi connectivity index (χ3n) is 5.99. The maximum atomic E-state index is 14.6. The molecule has 1 atom stereocenters. The summed E-state index contributed by atoms with van der Waals surface area (Å²) in [6.45, 7) is 9.57. The summed E-state index contributed by atoms with van der Waals surface area (Å²) in [5.74, 6) is -1.65. The second-order valence-corrected chi connectivity index (χ2v) is 8.30. The molecule has 0 saturated heterocycles. The van der Waals surface area contributed by atoms with E-state index < -0.39 is 29.0 Å². The molecule has 3 N–H and O–H groups in total. The molecule has 1 aromatic carbocycles. The van der Waals surface area contributed by atoms with Gasteiger partial charge in [0.2, 0.25) is 6.41 Å². The first-order valence-electron chi connectivity index (χ1n) is 11.7. The second kappa shape index (κ2) is 12.4. The fraction of sp³-hybridized carbons (Fsp3) is 0.423. The Morgan fingerprint density at radius 3 is 2.51 bits per heavy atom. The molecule has 0 aromatic heterocycles. The number of allylic oxidation sites excluding steroid dienone is 3. The number of imide groups is 1. The Balaban J connectivity index is 0.00000210. The van der Waals surface area contributed by atoms with Crippen LogP contribution in [0.25, 0.3) is 0 Å². The number of rotatable bonds is 11. The van der Waals surface area contributed by atoms with E-state index in [0.29, 0.717) is 23.7 Å². The summed E-state index contributed by atoms with van der Waals surface area (Å²) >= 11 is 0. The molecule has 3 rings (SSSR count). The Labute approximate surface area is 205 Å². The van der Waals surface area contributed by atoms with Gasteiger partial charge in [-0.15, -0.1) is 0 Å². The van der Waals surface area contributed by atoms with Crippen LogP contribution in [0.5, 0.6) is 0 Å². The normalized spacial score (nSPS) is 17.1. The van der Waals surface area contributed by atoms with E-state index in [-0.39, 0.29) is 30.6 Å². The lowest BCUT2D eigenvalue weighted by molar-refractivity contribution is -0.129. The molecular formula is C26H34F2N4O3. The Kier molecular flexibility index (Phi) is 9.89. The zero-order chi connectivity index (χ0) is 26.2. The molecule has 9 heteroatoms. The van der Waals surface area contributed by atoms with Crippen molar-refractivity contribution in [1.82, 2.24) is 15.5 Å². The highest BCUT2D eigenvalue weighted by atomic mass is 19.1. The SMILES string of the molecule is C=C/C(=C\C=C(/C)F)C(CN1Cc2cc(NCC3CC3)c(F)cc2C1=O)(NC)C(=O)NC=O.CC. The summed E-state index contributed by atoms with van der Waals surface area (Å²) < 4.78 is 28.0. The van der Waals surface area contributed by atoms with Crippen molar-refractivity contribution in [2.75, 3.05) is 25.5 Å². The number of nitrogens with one attached hydrogen (secondary N) is 3. The van der Waals surface area contributed by atoms with Gasteiger partial charge in [-0.2, -0.15) is 0 Å². The van der Waals surface area contributed by atoms with Crippen LogP contribution in [0.15, 0.2) is 48.3 Å². The van der Waals surface area contributed by atoms with Gasteiger partial charge in [-0.05, 0) is 62.1 Å². The average molecular weight is 489 g/mol. The number of fused-ring (bicyclic) bond motifs is 1. The lowest BCUT2D eigenvalue weighted by Crippen LogP contribution is -2.62. The van der Waals surface area contributed by atoms with Gasteiger partial charge in [0, 0.05) is 18.7 Å². The molecule has 1 unspecified atom stereocenters. The molecule has 1 fully saturated rings. The van der Waals surface area contributed by atoms with Gasteiger partial charge in [0.25, 0.3) is 11.8 Å². The monoisotopic (exact) mass is 488 g/mol. The highest BCUT2D eigenvalue weighted by Gasteiger charge is 2.44.